The molecule has 0 aromatic carbocycles. The molecule has 450 valence electrons. The minimum Gasteiger partial charge on any atom is -0.480 e. The molecule has 0 fully saturated rings. The van der Waals surface area contributed by atoms with Crippen LogP contribution in [0, 0.1) is 5.92 Å². The van der Waals surface area contributed by atoms with Crippen molar-refractivity contribution in [1.82, 2.24) is 42.5 Å². The van der Waals surface area contributed by atoms with E-state index in [1.54, 1.807) is 6.92 Å². The molecule has 0 aliphatic carbocycles. The molecular formula is C46H87N19O14. The average molecular weight is 1130 g/mol. The first kappa shape index (κ1) is 71.5. The summed E-state index contributed by atoms with van der Waals surface area (Å²) >= 11 is 0. The van der Waals surface area contributed by atoms with Crippen LogP contribution in [0.25, 0.3) is 0 Å². The lowest BCUT2D eigenvalue weighted by Gasteiger charge is -2.30. The van der Waals surface area contributed by atoms with Crippen LogP contribution in [0.3, 0.4) is 0 Å². The number of aliphatic hydroxyl groups is 2. The van der Waals surface area contributed by atoms with Crippen molar-refractivity contribution in [2.45, 2.75) is 178 Å². The van der Waals surface area contributed by atoms with E-state index in [9.17, 15) is 68.1 Å². The Morgan fingerprint density at radius 3 is 1.16 bits per heavy atom. The first-order chi connectivity index (χ1) is 37.0. The van der Waals surface area contributed by atoms with E-state index in [0.717, 1.165) is 6.92 Å². The van der Waals surface area contributed by atoms with Crippen molar-refractivity contribution in [1.29, 1.82) is 0 Å². The summed E-state index contributed by atoms with van der Waals surface area (Å²) in [4.78, 5) is 153. The molecule has 0 aliphatic heterocycles. The molecule has 10 amide bonds. The minimum absolute atomic E-state index is 0.0101. The first-order valence-electron chi connectivity index (χ1n) is 25.9. The number of aliphatic hydroxyl groups excluding tert-OH is 2. The Hall–Kier alpha value is -7.49. The summed E-state index contributed by atoms with van der Waals surface area (Å²) in [5.41, 5.74) is 49.4. The fourth-order valence-electron chi connectivity index (χ4n) is 7.37. The minimum atomic E-state index is -1.90. The molecule has 0 bridgehead atoms. The van der Waals surface area contributed by atoms with Gasteiger partial charge < -0.3 is 109 Å². The van der Waals surface area contributed by atoms with E-state index >= 15 is 0 Å². The van der Waals surface area contributed by atoms with Crippen molar-refractivity contribution >= 4 is 77.0 Å². The number of hydrogen-bond donors (Lipinski definition) is 20. The topological polar surface area (TPSA) is 604 Å². The van der Waals surface area contributed by atoms with Crippen molar-refractivity contribution in [2.24, 2.45) is 67.5 Å². The van der Waals surface area contributed by atoms with Crippen molar-refractivity contribution in [3.8, 4) is 0 Å². The summed E-state index contributed by atoms with van der Waals surface area (Å²) in [6, 6.07) is -14.3. The third-order valence-corrected chi connectivity index (χ3v) is 12.0. The zero-order valence-corrected chi connectivity index (χ0v) is 45.4. The predicted octanol–water partition coefficient (Wildman–Crippen LogP) is -8.80. The maximum atomic E-state index is 14.1. The van der Waals surface area contributed by atoms with Gasteiger partial charge in [-0.05, 0) is 97.1 Å². The van der Waals surface area contributed by atoms with Gasteiger partial charge in [-0.3, -0.25) is 57.9 Å². The number of carbonyl (C=O) groups is 11. The van der Waals surface area contributed by atoms with Gasteiger partial charge in [0.2, 0.25) is 59.1 Å². The molecule has 0 aliphatic rings. The number of rotatable bonds is 41. The Bertz CT molecular complexity index is 2090. The molecule has 0 aromatic rings. The zero-order chi connectivity index (χ0) is 60.5. The highest BCUT2D eigenvalue weighted by molar-refractivity contribution is 6.00. The molecule has 0 saturated carbocycles. The van der Waals surface area contributed by atoms with Gasteiger partial charge in [-0.2, -0.15) is 0 Å². The van der Waals surface area contributed by atoms with Gasteiger partial charge in [-0.1, -0.05) is 20.3 Å². The number of carbonyl (C=O) groups excluding carboxylic acids is 10. The lowest BCUT2D eigenvalue weighted by molar-refractivity contribution is -0.143. The van der Waals surface area contributed by atoms with Crippen LogP contribution < -0.4 is 94.1 Å². The van der Waals surface area contributed by atoms with Gasteiger partial charge in [-0.25, -0.2) is 4.79 Å². The Morgan fingerprint density at radius 2 is 0.759 bits per heavy atom. The number of nitrogens with one attached hydrogen (secondary N) is 8. The van der Waals surface area contributed by atoms with Crippen LogP contribution in [0.5, 0.6) is 0 Å². The number of unbranched alkanes of at least 4 members (excludes halogenated alkanes) is 2. The summed E-state index contributed by atoms with van der Waals surface area (Å²) in [5.74, 6) is -13.3. The highest BCUT2D eigenvalue weighted by Gasteiger charge is 2.38. The van der Waals surface area contributed by atoms with Gasteiger partial charge in [0, 0.05) is 13.1 Å². The van der Waals surface area contributed by atoms with Crippen molar-refractivity contribution < 1.29 is 68.1 Å². The molecule has 33 heteroatoms. The Labute approximate surface area is 458 Å². The molecule has 0 radical (unpaired) electrons. The van der Waals surface area contributed by atoms with Gasteiger partial charge in [0.05, 0.1) is 31.1 Å². The van der Waals surface area contributed by atoms with Gasteiger partial charge in [-0.15, -0.1) is 0 Å². The third-order valence-electron chi connectivity index (χ3n) is 12.0. The molecule has 79 heavy (non-hydrogen) atoms. The highest BCUT2D eigenvalue weighted by Crippen LogP contribution is 2.12. The van der Waals surface area contributed by atoms with Crippen LogP contribution in [-0.4, -0.2) is 185 Å². The molecule has 0 saturated heterocycles. The van der Waals surface area contributed by atoms with E-state index in [2.05, 4.69) is 52.5 Å². The molecule has 33 nitrogen and oxygen atoms in total. The summed E-state index contributed by atoms with van der Waals surface area (Å²) in [5, 5.41) is 50.0. The molecule has 0 aromatic heterocycles. The lowest BCUT2D eigenvalue weighted by atomic mass is 9.96. The number of carboxylic acid groups (broad SMARTS) is 1. The molecule has 0 heterocycles. The normalized spacial score (nSPS) is 15.6. The molecule has 0 spiro atoms. The third kappa shape index (κ3) is 29.2. The van der Waals surface area contributed by atoms with Gasteiger partial charge in [0.15, 0.2) is 11.9 Å². The molecule has 29 N–H and O–H groups in total. The average Bonchev–Trinajstić information content (AvgIpc) is 3.36. The summed E-state index contributed by atoms with van der Waals surface area (Å²) in [6.45, 7) is 6.03. The molecule has 0 rings (SSSR count). The number of nitrogens with zero attached hydrogens (tertiary/aromatic N) is 2. The first-order valence-corrected chi connectivity index (χ1v) is 25.9. The molecule has 12 unspecified atom stereocenters. The molecule has 12 atom stereocenters. The second-order valence-corrected chi connectivity index (χ2v) is 18.9. The molecular weight excluding hydrogens is 1040 g/mol. The van der Waals surface area contributed by atoms with Crippen LogP contribution in [0.1, 0.15) is 111 Å². The van der Waals surface area contributed by atoms with E-state index in [1.807, 2.05) is 0 Å². The summed E-state index contributed by atoms with van der Waals surface area (Å²) in [7, 11) is 0. The predicted molar refractivity (Wildman–Crippen MR) is 287 cm³/mol. The fourth-order valence-corrected chi connectivity index (χ4v) is 7.37. The van der Waals surface area contributed by atoms with Crippen LogP contribution in [0.2, 0.25) is 0 Å². The van der Waals surface area contributed by atoms with Gasteiger partial charge >= 0.3 is 5.97 Å². The number of carboxylic acids is 1. The number of primary amides is 2. The standard InChI is InChI=1S/C46H87N19O14/c1-5-22(2)33(41(75)65-35(24(4)67)43(77)62-29(20-31(50)68)39(73)60-28(44(78)79)15-11-19-57-46(54)55)63-40(74)30(21-32(51)69)61-37(71)26(13-6-8-16-47)59-42(76)34(23(3)66)64-38(72)27(14-7-9-17-48)58-36(70)25(49)12-10-18-56-45(52)53/h22-30,33-35,66-67H,5-21,47-49H2,1-4H3,(H2,50,68)(H2,51,69)(H,58,70)(H,59,76)(H,60,73)(H,61,71)(H,62,77)(H,63,74)(H,64,72)(H,65,75)(H,78,79)(H4,52,53,56)(H4,54,55,57). The quantitative estimate of drug-likeness (QED) is 0.0154. The Balaban J connectivity index is 6.62. The number of hydrogen-bond acceptors (Lipinski definition) is 18. The Kier molecular flexibility index (Phi) is 34.5. The smallest absolute Gasteiger partial charge is 0.326 e. The van der Waals surface area contributed by atoms with Crippen LogP contribution in [0.15, 0.2) is 9.98 Å². The van der Waals surface area contributed by atoms with Crippen LogP contribution >= 0.6 is 0 Å². The Morgan fingerprint density at radius 1 is 0.430 bits per heavy atom. The summed E-state index contributed by atoms with van der Waals surface area (Å²) in [6.07, 6.45) is -3.19. The zero-order valence-electron chi connectivity index (χ0n) is 45.4. The second-order valence-electron chi connectivity index (χ2n) is 18.9. The number of aliphatic imine (C=N–C) groups is 2. The summed E-state index contributed by atoms with van der Waals surface area (Å²) < 4.78 is 0. The highest BCUT2D eigenvalue weighted by atomic mass is 16.4. The number of guanidine groups is 2. The monoisotopic (exact) mass is 1130 g/mol. The van der Waals surface area contributed by atoms with Gasteiger partial charge in [0.25, 0.3) is 0 Å². The van der Waals surface area contributed by atoms with E-state index < -0.39 is 150 Å². The van der Waals surface area contributed by atoms with E-state index in [4.69, 9.17) is 51.6 Å². The largest absolute Gasteiger partial charge is 0.480 e. The van der Waals surface area contributed by atoms with Crippen LogP contribution in [0.4, 0.5) is 0 Å². The van der Waals surface area contributed by atoms with Crippen molar-refractivity contribution in [3.63, 3.8) is 0 Å². The number of nitrogens with two attached hydrogens (primary N) is 9. The maximum Gasteiger partial charge on any atom is 0.326 e. The lowest BCUT2D eigenvalue weighted by Crippen LogP contribution is -2.63. The number of aliphatic carboxylic acids is 1. The van der Waals surface area contributed by atoms with E-state index in [0.29, 0.717) is 25.7 Å². The number of amides is 10. The van der Waals surface area contributed by atoms with Gasteiger partial charge in [0.1, 0.15) is 48.3 Å². The second kappa shape index (κ2) is 38.1. The maximum absolute atomic E-state index is 14.1. The SMILES string of the molecule is CCC(C)C(NC(=O)C(CC(N)=O)NC(=O)C(CCCCN)NC(=O)C(NC(=O)C(CCCCN)NC(=O)C(N)CCCN=C(N)N)C(C)O)C(=O)NC(C(=O)NC(CC(N)=O)C(=O)NC(CCCN=C(N)N)C(=O)O)C(C)O. The van der Waals surface area contributed by atoms with E-state index in [-0.39, 0.29) is 83.0 Å². The van der Waals surface area contributed by atoms with Crippen molar-refractivity contribution in [2.75, 3.05) is 26.2 Å². The van der Waals surface area contributed by atoms with Crippen molar-refractivity contribution in [3.05, 3.63) is 0 Å². The fraction of sp³-hybridized carbons (Fsp3) is 0.717. The van der Waals surface area contributed by atoms with Crippen LogP contribution in [-0.2, 0) is 52.7 Å². The van der Waals surface area contributed by atoms with E-state index in [1.165, 1.54) is 13.8 Å².